The first-order valence-electron chi connectivity index (χ1n) is 15.5. The standard InChI is InChI=1S/C40H37N4O.Pt/c1-28(2)23-29-13-15-31(16-14-29)42-21-22-43(27-42)32-9-8-10-33(25-32)45-34-17-18-36-35-11-6-7-12-37(35)44(38(36)26-34)39-24-30(19-20-41-39)40(3,4)5;/h6-22,24,27-28H,23H2,1-5H3;/q-3;. The van der Waals surface area contributed by atoms with Crippen molar-refractivity contribution in [3.05, 3.63) is 140 Å². The van der Waals surface area contributed by atoms with Crippen LogP contribution in [0.15, 0.2) is 110 Å². The van der Waals surface area contributed by atoms with Crippen LogP contribution in [0.2, 0.25) is 0 Å². The molecule has 6 heteroatoms. The van der Waals surface area contributed by atoms with Crippen LogP contribution in [0, 0.1) is 24.7 Å². The van der Waals surface area contributed by atoms with Crippen LogP contribution in [0.4, 0.5) is 11.4 Å². The van der Waals surface area contributed by atoms with Gasteiger partial charge in [-0.05, 0) is 77.0 Å². The Morgan fingerprint density at radius 1 is 0.804 bits per heavy atom. The normalized spacial score (nSPS) is 13.2. The van der Waals surface area contributed by atoms with Crippen LogP contribution in [-0.4, -0.2) is 9.55 Å². The van der Waals surface area contributed by atoms with Gasteiger partial charge < -0.3 is 19.1 Å². The van der Waals surface area contributed by atoms with Gasteiger partial charge in [-0.2, -0.15) is 12.1 Å². The summed E-state index contributed by atoms with van der Waals surface area (Å²) < 4.78 is 8.57. The van der Waals surface area contributed by atoms with Gasteiger partial charge in [0.25, 0.3) is 0 Å². The minimum absolute atomic E-state index is 0. The minimum Gasteiger partial charge on any atom is -0.509 e. The molecule has 3 heterocycles. The van der Waals surface area contributed by atoms with E-state index < -0.39 is 0 Å². The summed E-state index contributed by atoms with van der Waals surface area (Å²) in [6, 6.07) is 38.5. The first-order chi connectivity index (χ1) is 21.7. The first kappa shape index (κ1) is 31.6. The maximum atomic E-state index is 6.38. The molecule has 1 aliphatic heterocycles. The zero-order chi connectivity index (χ0) is 31.1. The predicted molar refractivity (Wildman–Crippen MR) is 185 cm³/mol. The second-order valence-corrected chi connectivity index (χ2v) is 13.1. The summed E-state index contributed by atoms with van der Waals surface area (Å²) in [6.45, 7) is 13.2. The number of benzene rings is 4. The molecule has 0 saturated carbocycles. The van der Waals surface area contributed by atoms with Crippen molar-refractivity contribution in [2.24, 2.45) is 5.92 Å². The Hall–Kier alpha value is -4.34. The van der Waals surface area contributed by atoms with Crippen molar-refractivity contribution in [2.45, 2.75) is 46.5 Å². The molecular weight excluding hydrogens is 748 g/mol. The molecule has 5 nitrogen and oxygen atoms in total. The molecule has 0 aliphatic carbocycles. The van der Waals surface area contributed by atoms with Crippen LogP contribution < -0.4 is 14.5 Å². The molecule has 0 atom stereocenters. The van der Waals surface area contributed by atoms with Crippen molar-refractivity contribution in [3.8, 4) is 17.3 Å². The van der Waals surface area contributed by atoms with E-state index in [2.05, 4.69) is 136 Å². The number of para-hydroxylation sites is 1. The van der Waals surface area contributed by atoms with Crippen LogP contribution in [0.5, 0.6) is 11.5 Å². The summed E-state index contributed by atoms with van der Waals surface area (Å²) in [7, 11) is 0. The Kier molecular flexibility index (Phi) is 8.81. The molecule has 7 rings (SSSR count). The first-order valence-corrected chi connectivity index (χ1v) is 15.5. The van der Waals surface area contributed by atoms with E-state index in [0.29, 0.717) is 17.4 Å². The van der Waals surface area contributed by atoms with E-state index in [0.717, 1.165) is 45.4 Å². The summed E-state index contributed by atoms with van der Waals surface area (Å²) in [5, 5.41) is 2.26. The fourth-order valence-corrected chi connectivity index (χ4v) is 5.87. The van der Waals surface area contributed by atoms with Gasteiger partial charge in [-0.15, -0.1) is 48.1 Å². The molecule has 236 valence electrons. The average Bonchev–Trinajstić information content (AvgIpc) is 3.64. The smallest absolute Gasteiger partial charge is 0.135 e. The van der Waals surface area contributed by atoms with Crippen molar-refractivity contribution >= 4 is 33.2 Å². The van der Waals surface area contributed by atoms with Crippen molar-refractivity contribution in [3.63, 3.8) is 0 Å². The van der Waals surface area contributed by atoms with Gasteiger partial charge in [0.2, 0.25) is 0 Å². The molecule has 0 N–H and O–H groups in total. The zero-order valence-electron chi connectivity index (χ0n) is 26.8. The van der Waals surface area contributed by atoms with E-state index in [4.69, 9.17) is 9.72 Å². The molecule has 0 unspecified atom stereocenters. The topological polar surface area (TPSA) is 33.5 Å². The second kappa shape index (κ2) is 12.8. The Balaban J connectivity index is 0.00000372. The number of aromatic nitrogens is 2. The van der Waals surface area contributed by atoms with E-state index >= 15 is 0 Å². The molecule has 0 spiro atoms. The Bertz CT molecular complexity index is 2020. The molecule has 4 aromatic carbocycles. The maximum Gasteiger partial charge on any atom is 0.135 e. The molecule has 0 fully saturated rings. The van der Waals surface area contributed by atoms with Gasteiger partial charge in [0.1, 0.15) is 5.82 Å². The van der Waals surface area contributed by atoms with E-state index in [1.807, 2.05) is 41.6 Å². The van der Waals surface area contributed by atoms with E-state index in [9.17, 15) is 0 Å². The predicted octanol–water partition coefficient (Wildman–Crippen LogP) is 9.98. The number of hydrogen-bond acceptors (Lipinski definition) is 4. The fraction of sp³-hybridized carbons (Fsp3) is 0.200. The van der Waals surface area contributed by atoms with Gasteiger partial charge in [0.05, 0.1) is 0 Å². The number of anilines is 2. The summed E-state index contributed by atoms with van der Waals surface area (Å²) in [5.41, 5.74) is 6.61. The van der Waals surface area contributed by atoms with Crippen molar-refractivity contribution in [2.75, 3.05) is 9.80 Å². The molecule has 2 aromatic heterocycles. The van der Waals surface area contributed by atoms with Crippen LogP contribution >= 0.6 is 0 Å². The van der Waals surface area contributed by atoms with Gasteiger partial charge in [-0.25, -0.2) is 4.98 Å². The summed E-state index contributed by atoms with van der Waals surface area (Å²) >= 11 is 0. The monoisotopic (exact) mass is 784 g/mol. The number of ether oxygens (including phenoxy) is 1. The number of pyridine rings is 1. The molecule has 0 saturated heterocycles. The van der Waals surface area contributed by atoms with Gasteiger partial charge >= 0.3 is 0 Å². The van der Waals surface area contributed by atoms with E-state index in [1.54, 1.807) is 0 Å². The van der Waals surface area contributed by atoms with Crippen molar-refractivity contribution in [1.29, 1.82) is 0 Å². The third-order valence-electron chi connectivity index (χ3n) is 8.16. The molecule has 0 amide bonds. The molecular formula is C40H37N4OPt-3. The van der Waals surface area contributed by atoms with Crippen LogP contribution in [-0.2, 0) is 32.9 Å². The summed E-state index contributed by atoms with van der Waals surface area (Å²) in [5.74, 6) is 2.75. The van der Waals surface area contributed by atoms with E-state index in [-0.39, 0.29) is 26.5 Å². The third kappa shape index (κ3) is 6.34. The van der Waals surface area contributed by atoms with Gasteiger partial charge in [-0.1, -0.05) is 70.5 Å². The van der Waals surface area contributed by atoms with Crippen LogP contribution in [0.1, 0.15) is 45.7 Å². The van der Waals surface area contributed by atoms with Crippen LogP contribution in [0.25, 0.3) is 27.6 Å². The molecule has 1 aliphatic rings. The minimum atomic E-state index is 0. The fourth-order valence-electron chi connectivity index (χ4n) is 5.87. The van der Waals surface area contributed by atoms with Gasteiger partial charge in [0, 0.05) is 50.0 Å². The molecule has 46 heavy (non-hydrogen) atoms. The molecule has 0 radical (unpaired) electrons. The van der Waals surface area contributed by atoms with Crippen molar-refractivity contribution in [1.82, 2.24) is 9.55 Å². The molecule has 6 aromatic rings. The van der Waals surface area contributed by atoms with Crippen molar-refractivity contribution < 1.29 is 25.8 Å². The van der Waals surface area contributed by atoms with Gasteiger partial charge in [0.15, 0.2) is 0 Å². The Morgan fingerprint density at radius 2 is 1.57 bits per heavy atom. The maximum absolute atomic E-state index is 6.38. The second-order valence-electron chi connectivity index (χ2n) is 13.1. The largest absolute Gasteiger partial charge is 0.509 e. The Labute approximate surface area is 286 Å². The zero-order valence-corrected chi connectivity index (χ0v) is 29.0. The van der Waals surface area contributed by atoms with Gasteiger partial charge in [-0.3, -0.25) is 0 Å². The van der Waals surface area contributed by atoms with E-state index in [1.165, 1.54) is 11.1 Å². The number of fused-ring (bicyclic) bond motifs is 3. The average molecular weight is 785 g/mol. The summed E-state index contributed by atoms with van der Waals surface area (Å²) in [4.78, 5) is 8.95. The SMILES string of the molecule is CC(C)Cc1ccc(N2C=CN(c3[c-]c(Oc4[c-]c5c(cc4)c4ccccc4n5-c4cc(C(C)(C)C)ccn4)ccc3)[CH-]2)cc1.[Pt]. The Morgan fingerprint density at radius 3 is 2.35 bits per heavy atom. The number of rotatable bonds is 7. The number of hydrogen-bond donors (Lipinski definition) is 0. The quantitative estimate of drug-likeness (QED) is 0.151. The summed E-state index contributed by atoms with van der Waals surface area (Å²) in [6.07, 6.45) is 7.07. The third-order valence-corrected chi connectivity index (χ3v) is 8.16. The van der Waals surface area contributed by atoms with Crippen LogP contribution in [0.3, 0.4) is 0 Å². The number of nitrogens with zero attached hydrogens (tertiary/aromatic N) is 4. The molecule has 0 bridgehead atoms.